The second-order valence-corrected chi connectivity index (χ2v) is 9.46. The zero-order valence-corrected chi connectivity index (χ0v) is 19.4. The molecule has 32 heavy (non-hydrogen) atoms. The Balaban J connectivity index is 1.94. The smallest absolute Gasteiger partial charge is 0.332 e. The van der Waals surface area contributed by atoms with E-state index in [2.05, 4.69) is 24.3 Å². The molecule has 2 heterocycles. The van der Waals surface area contributed by atoms with Gasteiger partial charge in [0, 0.05) is 26.0 Å². The molecule has 0 bridgehead atoms. The minimum atomic E-state index is -0.349. The number of fused-ring (bicyclic) bond motifs is 2. The third-order valence-corrected chi connectivity index (χ3v) is 6.65. The van der Waals surface area contributed by atoms with E-state index in [4.69, 9.17) is 5.10 Å². The standard InChI is InChI=1S/C24H28N4O3S/c1-16(2)14-27-21-20(22(30)26(3)24(27)31)23(32-13-7-12-29)28(25-21)15-18-10-6-9-17-8-4-5-11-19(17)18/h4-6,8-11,16,29H,7,12-15H2,1-3H3. The van der Waals surface area contributed by atoms with Crippen molar-refractivity contribution in [2.24, 2.45) is 13.0 Å². The molecule has 2 aromatic carbocycles. The average molecular weight is 453 g/mol. The number of thioether (sulfide) groups is 1. The van der Waals surface area contributed by atoms with Gasteiger partial charge in [-0.05, 0) is 28.7 Å². The van der Waals surface area contributed by atoms with Gasteiger partial charge in [0.15, 0.2) is 5.65 Å². The Morgan fingerprint density at radius 1 is 1.09 bits per heavy atom. The van der Waals surface area contributed by atoms with Crippen molar-refractivity contribution in [3.05, 3.63) is 68.9 Å². The van der Waals surface area contributed by atoms with Gasteiger partial charge in [-0.2, -0.15) is 5.10 Å². The topological polar surface area (TPSA) is 82.0 Å². The second kappa shape index (κ2) is 9.34. The Hall–Kier alpha value is -2.84. The first-order valence-corrected chi connectivity index (χ1v) is 11.8. The Bertz CT molecular complexity index is 1380. The van der Waals surface area contributed by atoms with Crippen LogP contribution < -0.4 is 11.2 Å². The van der Waals surface area contributed by atoms with Gasteiger partial charge in [-0.3, -0.25) is 18.6 Å². The van der Waals surface area contributed by atoms with Gasteiger partial charge < -0.3 is 5.11 Å². The summed E-state index contributed by atoms with van der Waals surface area (Å²) in [6.45, 7) is 5.12. The summed E-state index contributed by atoms with van der Waals surface area (Å²) in [4.78, 5) is 26.0. The molecule has 0 saturated carbocycles. The number of nitrogens with zero attached hydrogens (tertiary/aromatic N) is 4. The molecule has 0 aliphatic carbocycles. The number of rotatable bonds is 8. The molecule has 0 amide bonds. The molecule has 0 aliphatic heterocycles. The molecule has 1 N–H and O–H groups in total. The van der Waals surface area contributed by atoms with Crippen molar-refractivity contribution in [1.82, 2.24) is 18.9 Å². The van der Waals surface area contributed by atoms with Gasteiger partial charge in [0.1, 0.15) is 10.4 Å². The SMILES string of the molecule is CC(C)Cn1c(=O)n(C)c(=O)c2c(SCCCO)n(Cc3cccc4ccccc34)nc21. The van der Waals surface area contributed by atoms with Gasteiger partial charge in [-0.15, -0.1) is 11.8 Å². The van der Waals surface area contributed by atoms with E-state index in [-0.39, 0.29) is 23.8 Å². The lowest BCUT2D eigenvalue weighted by molar-refractivity contribution is 0.296. The van der Waals surface area contributed by atoms with Gasteiger partial charge in [0.05, 0.1) is 6.54 Å². The van der Waals surface area contributed by atoms with Gasteiger partial charge in [-0.25, -0.2) is 4.79 Å². The third kappa shape index (κ3) is 4.12. The number of aliphatic hydroxyl groups is 1. The molecule has 0 spiro atoms. The quantitative estimate of drug-likeness (QED) is 0.328. The monoisotopic (exact) mass is 452 g/mol. The van der Waals surface area contributed by atoms with Crippen molar-refractivity contribution in [2.75, 3.05) is 12.4 Å². The lowest BCUT2D eigenvalue weighted by Gasteiger charge is -2.10. The van der Waals surface area contributed by atoms with E-state index in [1.807, 2.05) is 36.7 Å². The van der Waals surface area contributed by atoms with Crippen LogP contribution in [0, 0.1) is 5.92 Å². The van der Waals surface area contributed by atoms with Crippen LogP contribution >= 0.6 is 11.8 Å². The molecule has 7 nitrogen and oxygen atoms in total. The van der Waals surface area contributed by atoms with E-state index >= 15 is 0 Å². The van der Waals surface area contributed by atoms with E-state index in [0.29, 0.717) is 36.3 Å². The van der Waals surface area contributed by atoms with Crippen LogP contribution in [0.1, 0.15) is 25.8 Å². The summed E-state index contributed by atoms with van der Waals surface area (Å²) in [5.41, 5.74) is 0.839. The van der Waals surface area contributed by atoms with Crippen LogP contribution in [0.3, 0.4) is 0 Å². The lowest BCUT2D eigenvalue weighted by Crippen LogP contribution is -2.38. The van der Waals surface area contributed by atoms with Crippen molar-refractivity contribution < 1.29 is 5.11 Å². The lowest BCUT2D eigenvalue weighted by atomic mass is 10.0. The fourth-order valence-corrected chi connectivity index (χ4v) is 4.99. The van der Waals surface area contributed by atoms with E-state index in [9.17, 15) is 14.7 Å². The van der Waals surface area contributed by atoms with E-state index in [1.54, 1.807) is 4.57 Å². The number of aliphatic hydroxyl groups excluding tert-OH is 1. The Morgan fingerprint density at radius 3 is 2.59 bits per heavy atom. The minimum Gasteiger partial charge on any atom is -0.396 e. The zero-order valence-electron chi connectivity index (χ0n) is 18.6. The molecule has 0 aliphatic rings. The van der Waals surface area contributed by atoms with Gasteiger partial charge >= 0.3 is 5.69 Å². The molecule has 0 saturated heterocycles. The highest BCUT2D eigenvalue weighted by Crippen LogP contribution is 2.28. The molecular weight excluding hydrogens is 424 g/mol. The first-order valence-electron chi connectivity index (χ1n) is 10.8. The van der Waals surface area contributed by atoms with Crippen LogP contribution in [0.2, 0.25) is 0 Å². The molecular formula is C24H28N4O3S. The summed E-state index contributed by atoms with van der Waals surface area (Å²) >= 11 is 1.50. The third-order valence-electron chi connectivity index (χ3n) is 5.47. The zero-order chi connectivity index (χ0) is 22.8. The first-order chi connectivity index (χ1) is 15.4. The highest BCUT2D eigenvalue weighted by Gasteiger charge is 2.22. The maximum atomic E-state index is 13.2. The highest BCUT2D eigenvalue weighted by atomic mass is 32.2. The number of benzene rings is 2. The summed E-state index contributed by atoms with van der Waals surface area (Å²) in [6, 6.07) is 14.3. The van der Waals surface area contributed by atoms with Crippen molar-refractivity contribution in [3.63, 3.8) is 0 Å². The normalized spacial score (nSPS) is 11.8. The van der Waals surface area contributed by atoms with Crippen LogP contribution in [0.4, 0.5) is 0 Å². The molecule has 4 rings (SSSR count). The highest BCUT2D eigenvalue weighted by molar-refractivity contribution is 7.99. The van der Waals surface area contributed by atoms with Crippen molar-refractivity contribution in [2.45, 2.75) is 38.4 Å². The Labute approximate surface area is 190 Å². The number of hydrogen-bond donors (Lipinski definition) is 1. The first kappa shape index (κ1) is 22.4. The van der Waals surface area contributed by atoms with Crippen molar-refractivity contribution in [3.8, 4) is 0 Å². The van der Waals surface area contributed by atoms with Crippen LogP contribution in [0.5, 0.6) is 0 Å². The molecule has 0 radical (unpaired) electrons. The summed E-state index contributed by atoms with van der Waals surface area (Å²) in [5.74, 6) is 0.876. The van der Waals surface area contributed by atoms with Gasteiger partial charge in [-0.1, -0.05) is 56.3 Å². The predicted octanol–water partition coefficient (Wildman–Crippen LogP) is 3.23. The molecule has 0 fully saturated rings. The van der Waals surface area contributed by atoms with Crippen LogP contribution in [-0.4, -0.2) is 36.4 Å². The fraction of sp³-hybridized carbons (Fsp3) is 0.375. The molecule has 2 aromatic heterocycles. The van der Waals surface area contributed by atoms with E-state index < -0.39 is 0 Å². The van der Waals surface area contributed by atoms with Crippen LogP contribution in [0.15, 0.2) is 57.1 Å². The van der Waals surface area contributed by atoms with Crippen LogP contribution in [-0.2, 0) is 20.1 Å². The maximum Gasteiger partial charge on any atom is 0.332 e. The minimum absolute atomic E-state index is 0.0818. The molecule has 0 unspecified atom stereocenters. The van der Waals surface area contributed by atoms with Crippen LogP contribution in [0.25, 0.3) is 21.8 Å². The maximum absolute atomic E-state index is 13.2. The Morgan fingerprint density at radius 2 is 1.84 bits per heavy atom. The summed E-state index contributed by atoms with van der Waals surface area (Å²) in [6.07, 6.45) is 0.609. The largest absolute Gasteiger partial charge is 0.396 e. The molecule has 8 heteroatoms. The van der Waals surface area contributed by atoms with Gasteiger partial charge in [0.25, 0.3) is 5.56 Å². The van der Waals surface area contributed by atoms with Gasteiger partial charge in [0.2, 0.25) is 0 Å². The van der Waals surface area contributed by atoms with Crippen molar-refractivity contribution in [1.29, 1.82) is 0 Å². The molecule has 4 aromatic rings. The Kier molecular flexibility index (Phi) is 6.53. The summed E-state index contributed by atoms with van der Waals surface area (Å²) < 4.78 is 4.62. The number of hydrogen-bond acceptors (Lipinski definition) is 5. The number of aromatic nitrogens is 4. The van der Waals surface area contributed by atoms with E-state index in [1.165, 1.54) is 23.4 Å². The molecule has 0 atom stereocenters. The average Bonchev–Trinajstić information content (AvgIpc) is 3.13. The summed E-state index contributed by atoms with van der Waals surface area (Å²) in [5, 5.41) is 17.5. The second-order valence-electron chi connectivity index (χ2n) is 8.38. The summed E-state index contributed by atoms with van der Waals surface area (Å²) in [7, 11) is 1.52. The fourth-order valence-electron chi connectivity index (χ4n) is 3.95. The molecule has 168 valence electrons. The van der Waals surface area contributed by atoms with Crippen molar-refractivity contribution >= 4 is 33.6 Å². The predicted molar refractivity (Wildman–Crippen MR) is 130 cm³/mol. The van der Waals surface area contributed by atoms with E-state index in [0.717, 1.165) is 21.4 Å².